The summed E-state index contributed by atoms with van der Waals surface area (Å²) >= 11 is 0. The molecule has 0 saturated carbocycles. The summed E-state index contributed by atoms with van der Waals surface area (Å²) in [5, 5.41) is 15.6. The van der Waals surface area contributed by atoms with E-state index in [1.54, 1.807) is 0 Å². The highest BCUT2D eigenvalue weighted by atomic mass is 15.1. The van der Waals surface area contributed by atoms with Gasteiger partial charge in [-0.1, -0.05) is 32.4 Å². The first-order valence-corrected chi connectivity index (χ1v) is 7.33. The van der Waals surface area contributed by atoms with E-state index in [1.807, 2.05) is 14.1 Å². The van der Waals surface area contributed by atoms with Gasteiger partial charge < -0.3 is 15.7 Å². The molecule has 0 aliphatic rings. The van der Waals surface area contributed by atoms with Crippen LogP contribution in [0.5, 0.6) is 0 Å². The first-order valence-electron chi connectivity index (χ1n) is 7.33. The number of anilines is 1. The largest absolute Gasteiger partial charge is 0.378 e. The smallest absolute Gasteiger partial charge is 0.0361 e. The summed E-state index contributed by atoms with van der Waals surface area (Å²) in [4.78, 5) is 2.08. The minimum Gasteiger partial charge on any atom is -0.378 e. The van der Waals surface area contributed by atoms with Crippen LogP contribution in [-0.2, 0) is 0 Å². The molecule has 20 heavy (non-hydrogen) atoms. The summed E-state index contributed by atoms with van der Waals surface area (Å²) in [6.07, 6.45) is 4.06. The van der Waals surface area contributed by atoms with E-state index in [-0.39, 0.29) is 11.8 Å². The van der Waals surface area contributed by atoms with E-state index in [1.165, 1.54) is 17.5 Å². The van der Waals surface area contributed by atoms with Gasteiger partial charge in [-0.2, -0.15) is 0 Å². The maximum atomic E-state index is 7.96. The molecule has 1 aromatic rings. The number of hydrogen-bond acceptors (Lipinski definition) is 3. The van der Waals surface area contributed by atoms with Crippen molar-refractivity contribution in [2.75, 3.05) is 19.0 Å². The summed E-state index contributed by atoms with van der Waals surface area (Å²) in [5.74, 6) is 0.403. The van der Waals surface area contributed by atoms with Gasteiger partial charge in [0.25, 0.3) is 0 Å². The Balaban J connectivity index is 2.77. The van der Waals surface area contributed by atoms with Gasteiger partial charge in [-0.05, 0) is 42.7 Å². The van der Waals surface area contributed by atoms with E-state index >= 15 is 0 Å². The monoisotopic (exact) mass is 273 g/mol. The Bertz CT molecular complexity index is 434. The van der Waals surface area contributed by atoms with Crippen LogP contribution in [0.25, 0.3) is 0 Å². The van der Waals surface area contributed by atoms with Crippen molar-refractivity contribution in [2.24, 2.45) is 5.92 Å². The van der Waals surface area contributed by atoms with Crippen molar-refractivity contribution in [2.45, 2.75) is 39.0 Å². The van der Waals surface area contributed by atoms with Gasteiger partial charge in [0.15, 0.2) is 0 Å². The Morgan fingerprint density at radius 1 is 1.25 bits per heavy atom. The quantitative estimate of drug-likeness (QED) is 0.680. The molecule has 0 amide bonds. The first kappa shape index (κ1) is 16.4. The van der Waals surface area contributed by atoms with E-state index < -0.39 is 0 Å². The number of nitrogens with one attached hydrogen (secondary N) is 2. The van der Waals surface area contributed by atoms with Crippen molar-refractivity contribution in [3.63, 3.8) is 0 Å². The lowest BCUT2D eigenvalue weighted by Crippen LogP contribution is -2.16. The molecule has 0 bridgehead atoms. The molecule has 0 spiro atoms. The Morgan fingerprint density at radius 2 is 1.85 bits per heavy atom. The van der Waals surface area contributed by atoms with Crippen molar-refractivity contribution in [1.82, 2.24) is 0 Å². The summed E-state index contributed by atoms with van der Waals surface area (Å²) in [6, 6.07) is 8.51. The first-order chi connectivity index (χ1) is 9.49. The Morgan fingerprint density at radius 3 is 2.30 bits per heavy atom. The molecule has 0 aliphatic carbocycles. The molecule has 2 N–H and O–H groups in total. The molecule has 0 saturated heterocycles. The Labute approximate surface area is 123 Å². The second kappa shape index (κ2) is 7.83. The molecular formula is C17H27N3. The van der Waals surface area contributed by atoms with Gasteiger partial charge in [0, 0.05) is 31.4 Å². The second-order valence-corrected chi connectivity index (χ2v) is 5.66. The SMILES string of the molecule is CCCC(=N)CC(C=N)C(C)c1ccc(N(C)C)cc1. The fraction of sp³-hybridized carbons (Fsp3) is 0.529. The van der Waals surface area contributed by atoms with Gasteiger partial charge in [-0.25, -0.2) is 0 Å². The van der Waals surface area contributed by atoms with Gasteiger partial charge in [0.05, 0.1) is 0 Å². The van der Waals surface area contributed by atoms with E-state index in [9.17, 15) is 0 Å². The molecular weight excluding hydrogens is 246 g/mol. The molecule has 1 rings (SSSR count). The van der Waals surface area contributed by atoms with Crippen molar-refractivity contribution in [3.05, 3.63) is 29.8 Å². The highest BCUT2D eigenvalue weighted by Crippen LogP contribution is 2.27. The zero-order valence-electron chi connectivity index (χ0n) is 13.1. The lowest BCUT2D eigenvalue weighted by molar-refractivity contribution is 0.595. The van der Waals surface area contributed by atoms with Gasteiger partial charge in [-0.15, -0.1) is 0 Å². The van der Waals surface area contributed by atoms with Crippen LogP contribution in [0.2, 0.25) is 0 Å². The van der Waals surface area contributed by atoms with Crippen molar-refractivity contribution in [3.8, 4) is 0 Å². The van der Waals surface area contributed by atoms with Crippen LogP contribution in [0, 0.1) is 16.7 Å². The lowest BCUT2D eigenvalue weighted by Gasteiger charge is -2.22. The van der Waals surface area contributed by atoms with Crippen LogP contribution in [0.4, 0.5) is 5.69 Å². The third-order valence-electron chi connectivity index (χ3n) is 3.83. The van der Waals surface area contributed by atoms with Gasteiger partial charge in [0.1, 0.15) is 0 Å². The molecule has 2 atom stereocenters. The zero-order valence-corrected chi connectivity index (χ0v) is 13.1. The minimum atomic E-state index is 0.124. The van der Waals surface area contributed by atoms with E-state index in [0.717, 1.165) is 18.6 Å². The normalized spacial score (nSPS) is 13.6. The van der Waals surface area contributed by atoms with Crippen LogP contribution >= 0.6 is 0 Å². The topological polar surface area (TPSA) is 50.9 Å². The predicted molar refractivity (Wildman–Crippen MR) is 88.7 cm³/mol. The molecule has 110 valence electrons. The Kier molecular flexibility index (Phi) is 6.43. The van der Waals surface area contributed by atoms with Gasteiger partial charge in [0.2, 0.25) is 0 Å². The fourth-order valence-corrected chi connectivity index (χ4v) is 2.39. The highest BCUT2D eigenvalue weighted by Gasteiger charge is 2.18. The summed E-state index contributed by atoms with van der Waals surface area (Å²) in [5.41, 5.74) is 3.19. The summed E-state index contributed by atoms with van der Waals surface area (Å²) < 4.78 is 0. The van der Waals surface area contributed by atoms with Crippen LogP contribution in [-0.4, -0.2) is 26.0 Å². The van der Waals surface area contributed by atoms with Crippen LogP contribution in [0.15, 0.2) is 24.3 Å². The predicted octanol–water partition coefficient (Wildman–Crippen LogP) is 4.33. The Hall–Kier alpha value is -1.64. The number of benzene rings is 1. The van der Waals surface area contributed by atoms with Crippen LogP contribution in [0.3, 0.4) is 0 Å². The molecule has 0 aromatic heterocycles. The third-order valence-corrected chi connectivity index (χ3v) is 3.83. The minimum absolute atomic E-state index is 0.124. The zero-order chi connectivity index (χ0) is 15.1. The molecule has 0 aliphatic heterocycles. The van der Waals surface area contributed by atoms with Gasteiger partial charge >= 0.3 is 0 Å². The lowest BCUT2D eigenvalue weighted by atomic mass is 9.84. The average Bonchev–Trinajstić information content (AvgIpc) is 2.44. The van der Waals surface area contributed by atoms with Crippen molar-refractivity contribution >= 4 is 17.6 Å². The summed E-state index contributed by atoms with van der Waals surface area (Å²) in [7, 11) is 4.07. The number of nitrogens with zero attached hydrogens (tertiary/aromatic N) is 1. The second-order valence-electron chi connectivity index (χ2n) is 5.66. The van der Waals surface area contributed by atoms with E-state index in [2.05, 4.69) is 43.0 Å². The summed E-state index contributed by atoms with van der Waals surface area (Å²) in [6.45, 7) is 4.25. The maximum absolute atomic E-state index is 7.96. The van der Waals surface area contributed by atoms with E-state index in [0.29, 0.717) is 6.42 Å². The van der Waals surface area contributed by atoms with Crippen molar-refractivity contribution in [1.29, 1.82) is 10.8 Å². The van der Waals surface area contributed by atoms with Crippen LogP contribution < -0.4 is 4.90 Å². The molecule has 0 heterocycles. The van der Waals surface area contributed by atoms with Gasteiger partial charge in [-0.3, -0.25) is 0 Å². The molecule has 0 fully saturated rings. The molecule has 2 unspecified atom stereocenters. The van der Waals surface area contributed by atoms with E-state index in [4.69, 9.17) is 10.8 Å². The molecule has 0 radical (unpaired) electrons. The maximum Gasteiger partial charge on any atom is 0.0361 e. The fourth-order valence-electron chi connectivity index (χ4n) is 2.39. The molecule has 3 nitrogen and oxygen atoms in total. The molecule has 1 aromatic carbocycles. The standard InChI is InChI=1S/C17H27N3/c1-5-6-16(19)11-15(12-18)13(2)14-7-9-17(10-8-14)20(3)4/h7-10,12-13,15,18-19H,5-6,11H2,1-4H3. The highest BCUT2D eigenvalue weighted by molar-refractivity contribution is 5.84. The van der Waals surface area contributed by atoms with Crippen LogP contribution in [0.1, 0.15) is 44.6 Å². The number of hydrogen-bond donors (Lipinski definition) is 2. The molecule has 3 heteroatoms. The third kappa shape index (κ3) is 4.48. The van der Waals surface area contributed by atoms with Crippen molar-refractivity contribution < 1.29 is 0 Å². The number of rotatable bonds is 8. The average molecular weight is 273 g/mol.